The fourth-order valence-electron chi connectivity index (χ4n) is 6.85. The standard InChI is InChI=1S/C22H31N3O/c1-14(25-7-3-4-18-19(23)5-2-6-20(18)25)21(26)24-22-11-15-8-16(12-22)10-17(9-15)13-22/h2,5-6,14-17H,3-4,7-13,23H2,1H3,(H,24,26). The summed E-state index contributed by atoms with van der Waals surface area (Å²) in [6.45, 7) is 3.00. The van der Waals surface area contributed by atoms with Gasteiger partial charge in [0, 0.05) is 23.5 Å². The molecule has 4 fully saturated rings. The molecule has 4 bridgehead atoms. The van der Waals surface area contributed by atoms with Gasteiger partial charge in [-0.05, 0) is 93.7 Å². The van der Waals surface area contributed by atoms with E-state index in [0.717, 1.165) is 48.5 Å². The van der Waals surface area contributed by atoms with E-state index in [1.54, 1.807) is 0 Å². The van der Waals surface area contributed by atoms with E-state index in [4.69, 9.17) is 5.73 Å². The van der Waals surface area contributed by atoms with Crippen LogP contribution in [0.4, 0.5) is 11.4 Å². The maximum atomic E-state index is 13.2. The van der Waals surface area contributed by atoms with Crippen molar-refractivity contribution in [3.05, 3.63) is 23.8 Å². The highest BCUT2D eigenvalue weighted by atomic mass is 16.2. The topological polar surface area (TPSA) is 58.4 Å². The van der Waals surface area contributed by atoms with Crippen LogP contribution in [-0.2, 0) is 11.2 Å². The summed E-state index contributed by atoms with van der Waals surface area (Å²) in [6, 6.07) is 5.97. The van der Waals surface area contributed by atoms with Gasteiger partial charge in [-0.25, -0.2) is 0 Å². The average Bonchev–Trinajstić information content (AvgIpc) is 2.59. The number of nitrogens with zero attached hydrogens (tertiary/aromatic N) is 1. The summed E-state index contributed by atoms with van der Waals surface area (Å²) in [6.07, 6.45) is 9.93. The molecular weight excluding hydrogens is 322 g/mol. The molecule has 1 amide bonds. The molecule has 5 aliphatic rings. The fourth-order valence-corrected chi connectivity index (χ4v) is 6.85. The Bertz CT molecular complexity index is 693. The Morgan fingerprint density at radius 3 is 2.50 bits per heavy atom. The van der Waals surface area contributed by atoms with Crippen LogP contribution in [0, 0.1) is 17.8 Å². The summed E-state index contributed by atoms with van der Waals surface area (Å²) in [5.41, 5.74) is 9.51. The number of rotatable bonds is 3. The van der Waals surface area contributed by atoms with Gasteiger partial charge >= 0.3 is 0 Å². The molecule has 4 heteroatoms. The van der Waals surface area contributed by atoms with E-state index in [-0.39, 0.29) is 17.5 Å². The largest absolute Gasteiger partial charge is 0.398 e. The first kappa shape index (κ1) is 16.5. The highest BCUT2D eigenvalue weighted by molar-refractivity contribution is 5.86. The Morgan fingerprint density at radius 2 is 1.85 bits per heavy atom. The predicted octanol–water partition coefficient (Wildman–Crippen LogP) is 3.49. The summed E-state index contributed by atoms with van der Waals surface area (Å²) in [5, 5.41) is 3.56. The van der Waals surface area contributed by atoms with Crippen LogP contribution in [0.1, 0.15) is 57.4 Å². The Kier molecular flexibility index (Phi) is 3.74. The van der Waals surface area contributed by atoms with Crippen molar-refractivity contribution < 1.29 is 4.79 Å². The summed E-state index contributed by atoms with van der Waals surface area (Å²) in [7, 11) is 0. The van der Waals surface area contributed by atoms with Gasteiger partial charge in [-0.1, -0.05) is 6.07 Å². The zero-order valence-electron chi connectivity index (χ0n) is 15.8. The molecular formula is C22H31N3O. The third kappa shape index (κ3) is 2.60. The number of carbonyl (C=O) groups is 1. The van der Waals surface area contributed by atoms with Crippen molar-refractivity contribution in [2.75, 3.05) is 17.2 Å². The summed E-state index contributed by atoms with van der Waals surface area (Å²) >= 11 is 0. The number of hydrogen-bond acceptors (Lipinski definition) is 3. The number of nitrogen functional groups attached to an aromatic ring is 1. The van der Waals surface area contributed by atoms with Gasteiger partial charge in [0.05, 0.1) is 0 Å². The molecule has 6 rings (SSSR count). The van der Waals surface area contributed by atoms with Crippen LogP contribution in [0.15, 0.2) is 18.2 Å². The van der Waals surface area contributed by atoms with Crippen LogP contribution in [-0.4, -0.2) is 24.0 Å². The Hall–Kier alpha value is -1.71. The predicted molar refractivity (Wildman–Crippen MR) is 105 cm³/mol. The average molecular weight is 354 g/mol. The lowest BCUT2D eigenvalue weighted by Gasteiger charge is -2.57. The molecule has 1 atom stereocenters. The smallest absolute Gasteiger partial charge is 0.242 e. The molecule has 1 heterocycles. The van der Waals surface area contributed by atoms with Crippen LogP contribution < -0.4 is 16.0 Å². The SMILES string of the molecule is CC(C(=O)NC12CC3CC(CC(C3)C1)C2)N1CCCc2c(N)cccc21. The first-order valence-electron chi connectivity index (χ1n) is 10.5. The number of benzene rings is 1. The van der Waals surface area contributed by atoms with E-state index in [9.17, 15) is 4.79 Å². The van der Waals surface area contributed by atoms with Gasteiger partial charge in [0.15, 0.2) is 0 Å². The fraction of sp³-hybridized carbons (Fsp3) is 0.682. The summed E-state index contributed by atoms with van der Waals surface area (Å²) < 4.78 is 0. The van der Waals surface area contributed by atoms with Crippen LogP contribution in [0.5, 0.6) is 0 Å². The summed E-state index contributed by atoms with van der Waals surface area (Å²) in [5.74, 6) is 2.77. The molecule has 1 aromatic rings. The van der Waals surface area contributed by atoms with Crippen LogP contribution in [0.25, 0.3) is 0 Å². The van der Waals surface area contributed by atoms with Crippen LogP contribution >= 0.6 is 0 Å². The monoisotopic (exact) mass is 353 g/mol. The number of anilines is 2. The molecule has 0 saturated heterocycles. The third-order valence-electron chi connectivity index (χ3n) is 7.60. The van der Waals surface area contributed by atoms with E-state index >= 15 is 0 Å². The Morgan fingerprint density at radius 1 is 1.19 bits per heavy atom. The lowest BCUT2D eigenvalue weighted by Crippen LogP contribution is -2.62. The van der Waals surface area contributed by atoms with Gasteiger partial charge < -0.3 is 16.0 Å². The zero-order valence-corrected chi connectivity index (χ0v) is 15.8. The zero-order chi connectivity index (χ0) is 17.9. The van der Waals surface area contributed by atoms with Crippen molar-refractivity contribution in [1.82, 2.24) is 5.32 Å². The molecule has 26 heavy (non-hydrogen) atoms. The van der Waals surface area contributed by atoms with E-state index in [1.807, 2.05) is 12.1 Å². The minimum absolute atomic E-state index is 0.0917. The van der Waals surface area contributed by atoms with E-state index in [2.05, 4.69) is 23.2 Å². The van der Waals surface area contributed by atoms with Gasteiger partial charge in [-0.2, -0.15) is 0 Å². The second-order valence-electron chi connectivity index (χ2n) is 9.50. The van der Waals surface area contributed by atoms with E-state index in [0.29, 0.717) is 0 Å². The second-order valence-corrected chi connectivity index (χ2v) is 9.50. The molecule has 1 aliphatic heterocycles. The summed E-state index contributed by atoms with van der Waals surface area (Å²) in [4.78, 5) is 15.5. The van der Waals surface area contributed by atoms with Gasteiger partial charge in [0.2, 0.25) is 5.91 Å². The Labute approximate surface area is 156 Å². The van der Waals surface area contributed by atoms with Crippen molar-refractivity contribution in [3.63, 3.8) is 0 Å². The van der Waals surface area contributed by atoms with Crippen molar-refractivity contribution in [3.8, 4) is 0 Å². The van der Waals surface area contributed by atoms with Crippen molar-refractivity contribution in [2.45, 2.75) is 69.9 Å². The van der Waals surface area contributed by atoms with E-state index < -0.39 is 0 Å². The number of carbonyl (C=O) groups excluding carboxylic acids is 1. The molecule has 0 aromatic heterocycles. The minimum Gasteiger partial charge on any atom is -0.398 e. The number of nitrogens with two attached hydrogens (primary N) is 1. The van der Waals surface area contributed by atoms with Gasteiger partial charge in [-0.3, -0.25) is 4.79 Å². The Balaban J connectivity index is 1.35. The van der Waals surface area contributed by atoms with Gasteiger partial charge in [0.25, 0.3) is 0 Å². The molecule has 0 spiro atoms. The first-order valence-corrected chi connectivity index (χ1v) is 10.5. The number of fused-ring (bicyclic) bond motifs is 1. The molecule has 1 aromatic carbocycles. The highest BCUT2D eigenvalue weighted by Gasteiger charge is 2.51. The minimum atomic E-state index is -0.135. The number of nitrogens with one attached hydrogen (secondary N) is 1. The molecule has 140 valence electrons. The molecule has 4 aliphatic carbocycles. The second kappa shape index (κ2) is 5.90. The molecule has 3 N–H and O–H groups in total. The van der Waals surface area contributed by atoms with Crippen molar-refractivity contribution in [1.29, 1.82) is 0 Å². The maximum absolute atomic E-state index is 13.2. The normalized spacial score (nSPS) is 35.9. The first-order chi connectivity index (χ1) is 12.5. The molecule has 4 nitrogen and oxygen atoms in total. The lowest BCUT2D eigenvalue weighted by molar-refractivity contribution is -0.127. The van der Waals surface area contributed by atoms with E-state index in [1.165, 1.54) is 44.1 Å². The van der Waals surface area contributed by atoms with Crippen molar-refractivity contribution in [2.24, 2.45) is 17.8 Å². The number of hydrogen-bond donors (Lipinski definition) is 2. The lowest BCUT2D eigenvalue weighted by atomic mass is 9.53. The highest BCUT2D eigenvalue weighted by Crippen LogP contribution is 2.55. The van der Waals surface area contributed by atoms with Crippen LogP contribution in [0.3, 0.4) is 0 Å². The number of amides is 1. The maximum Gasteiger partial charge on any atom is 0.242 e. The van der Waals surface area contributed by atoms with Crippen molar-refractivity contribution >= 4 is 17.3 Å². The molecule has 0 radical (unpaired) electrons. The van der Waals surface area contributed by atoms with Gasteiger partial charge in [-0.15, -0.1) is 0 Å². The molecule has 4 saturated carbocycles. The molecule has 1 unspecified atom stereocenters. The van der Waals surface area contributed by atoms with Gasteiger partial charge in [0.1, 0.15) is 6.04 Å². The quantitative estimate of drug-likeness (QED) is 0.818. The third-order valence-corrected chi connectivity index (χ3v) is 7.60. The van der Waals surface area contributed by atoms with Crippen LogP contribution in [0.2, 0.25) is 0 Å².